The lowest BCUT2D eigenvalue weighted by Gasteiger charge is -2.31. The quantitative estimate of drug-likeness (QED) is 0.0281. The first-order valence-electron chi connectivity index (χ1n) is 28.5. The molecule has 67 heavy (non-hydrogen) atoms. The molecule has 1 N–H and O–H groups in total. The lowest BCUT2D eigenvalue weighted by atomic mass is 10.0. The van der Waals surface area contributed by atoms with E-state index in [1.54, 1.807) is 0 Å². The van der Waals surface area contributed by atoms with E-state index in [2.05, 4.69) is 50.3 Å². The Labute approximate surface area is 414 Å². The van der Waals surface area contributed by atoms with E-state index >= 15 is 0 Å². The fourth-order valence-electron chi connectivity index (χ4n) is 8.63. The van der Waals surface area contributed by atoms with Gasteiger partial charge in [0, 0.05) is 19.3 Å². The number of esters is 2. The van der Waals surface area contributed by atoms with Gasteiger partial charge >= 0.3 is 17.9 Å². The van der Waals surface area contributed by atoms with Crippen LogP contribution in [0, 0.1) is 0 Å². The molecule has 0 aromatic heterocycles. The van der Waals surface area contributed by atoms with Crippen molar-refractivity contribution in [3.05, 3.63) is 36.5 Å². The zero-order valence-corrected chi connectivity index (χ0v) is 44.9. The third-order valence-corrected chi connectivity index (χ3v) is 13.0. The Morgan fingerprint density at radius 2 is 0.791 bits per heavy atom. The maximum Gasteiger partial charge on any atom is 0.362 e. The molecule has 0 fully saturated rings. The summed E-state index contributed by atoms with van der Waals surface area (Å²) in [6.07, 6.45) is 60.6. The Morgan fingerprint density at radius 3 is 1.19 bits per heavy atom. The smallest absolute Gasteiger partial charge is 0.362 e. The maximum atomic E-state index is 12.8. The summed E-state index contributed by atoms with van der Waals surface area (Å²) in [7, 11) is 5.55. The summed E-state index contributed by atoms with van der Waals surface area (Å²) in [6, 6.07) is -0.615. The molecule has 2 unspecified atom stereocenters. The zero-order valence-electron chi connectivity index (χ0n) is 44.9. The van der Waals surface area contributed by atoms with Crippen molar-refractivity contribution in [1.82, 2.24) is 0 Å². The second-order valence-corrected chi connectivity index (χ2v) is 20.6. The summed E-state index contributed by atoms with van der Waals surface area (Å²) in [5.41, 5.74) is 0. The summed E-state index contributed by atoms with van der Waals surface area (Å²) in [6.45, 7) is 4.75. The molecule has 0 aliphatic carbocycles. The molecule has 0 radical (unpaired) electrons. The van der Waals surface area contributed by atoms with Crippen molar-refractivity contribution >= 4 is 17.9 Å². The van der Waals surface area contributed by atoms with Crippen LogP contribution in [0.1, 0.15) is 271 Å². The highest BCUT2D eigenvalue weighted by atomic mass is 16.6. The molecule has 0 bridgehead atoms. The minimum absolute atomic E-state index is 0.0491. The molecule has 0 spiro atoms. The number of quaternary nitrogens is 1. The van der Waals surface area contributed by atoms with E-state index in [0.717, 1.165) is 57.8 Å². The fourth-order valence-corrected chi connectivity index (χ4v) is 8.63. The first kappa shape index (κ1) is 64.5. The van der Waals surface area contributed by atoms with Gasteiger partial charge in [-0.15, -0.1) is 0 Å². The molecular weight excluding hydrogens is 835 g/mol. The van der Waals surface area contributed by atoms with E-state index in [4.69, 9.17) is 14.2 Å². The number of hydrogen-bond donors (Lipinski definition) is 1. The van der Waals surface area contributed by atoms with Gasteiger partial charge in [-0.25, -0.2) is 4.79 Å². The highest BCUT2D eigenvalue weighted by molar-refractivity contribution is 5.72. The van der Waals surface area contributed by atoms with Crippen molar-refractivity contribution in [2.45, 2.75) is 283 Å². The van der Waals surface area contributed by atoms with Crippen LogP contribution in [0.2, 0.25) is 0 Å². The van der Waals surface area contributed by atoms with Crippen molar-refractivity contribution in [3.63, 3.8) is 0 Å². The summed E-state index contributed by atoms with van der Waals surface area (Å²) in [5.74, 6) is -1.45. The predicted octanol–water partition coefficient (Wildman–Crippen LogP) is 16.9. The van der Waals surface area contributed by atoms with Crippen LogP contribution in [0.4, 0.5) is 0 Å². The topological polar surface area (TPSA) is 99.1 Å². The molecule has 392 valence electrons. The average Bonchev–Trinajstić information content (AvgIpc) is 3.29. The monoisotopic (exact) mass is 945 g/mol. The van der Waals surface area contributed by atoms with Crippen molar-refractivity contribution in [3.8, 4) is 0 Å². The zero-order chi connectivity index (χ0) is 49.2. The van der Waals surface area contributed by atoms with Gasteiger partial charge in [0.2, 0.25) is 0 Å². The summed E-state index contributed by atoms with van der Waals surface area (Å²) < 4.78 is 17.4. The molecule has 0 aliphatic heterocycles. The molecule has 0 saturated heterocycles. The molecule has 0 aromatic rings. The van der Waals surface area contributed by atoms with Gasteiger partial charge in [0.05, 0.1) is 34.4 Å². The van der Waals surface area contributed by atoms with E-state index in [1.807, 2.05) is 21.1 Å². The Balaban J connectivity index is 4.17. The van der Waals surface area contributed by atoms with Gasteiger partial charge in [0.1, 0.15) is 6.61 Å². The summed E-state index contributed by atoms with van der Waals surface area (Å²) in [5, 5.41) is 9.68. The lowest BCUT2D eigenvalue weighted by molar-refractivity contribution is -0.887. The fraction of sp³-hybridized carbons (Fsp3) is 0.847. The van der Waals surface area contributed by atoms with E-state index in [-0.39, 0.29) is 36.2 Å². The molecule has 8 heteroatoms. The second kappa shape index (κ2) is 50.0. The van der Waals surface area contributed by atoms with Crippen LogP contribution in [0.5, 0.6) is 0 Å². The Bertz CT molecular complexity index is 1190. The SMILES string of the molecule is CCCCC/C=C/C/C=C/C/C=C/CCCCCCCCCCCC(=O)OC(COCCC(C(=O)O)[N+](C)(C)C)COC(=O)CCCCCCCCCCCCCCCCCCCCCCC. The first-order valence-corrected chi connectivity index (χ1v) is 28.5. The summed E-state index contributed by atoms with van der Waals surface area (Å²) in [4.78, 5) is 37.3. The van der Waals surface area contributed by atoms with E-state index < -0.39 is 18.1 Å². The van der Waals surface area contributed by atoms with Crippen LogP contribution in [0.3, 0.4) is 0 Å². The lowest BCUT2D eigenvalue weighted by Crippen LogP contribution is -2.50. The third-order valence-electron chi connectivity index (χ3n) is 13.0. The normalized spacial score (nSPS) is 13.0. The molecule has 0 aromatic carbocycles. The van der Waals surface area contributed by atoms with Crippen LogP contribution in [0.25, 0.3) is 0 Å². The van der Waals surface area contributed by atoms with Crippen LogP contribution >= 0.6 is 0 Å². The first-order chi connectivity index (χ1) is 32.6. The molecule has 8 nitrogen and oxygen atoms in total. The molecule has 0 aliphatic rings. The predicted molar refractivity (Wildman–Crippen MR) is 285 cm³/mol. The standard InChI is InChI=1S/C59H109NO7/c1-6-8-10-12-14-16-18-20-22-24-26-28-30-32-34-36-38-40-42-44-46-48-50-58(62)67-55(53-65-52-51-56(59(63)64)60(3,4)5)54-66-57(61)49-47-45-43-41-39-37-35-33-31-29-27-25-23-21-19-17-15-13-11-9-7-2/h14,16,20,22,26,28,55-56H,6-13,15,17-19,21,23-25,27,29-54H2,1-5H3/p+1/b16-14+,22-20+,28-26+. The number of rotatable bonds is 52. The number of likely N-dealkylation sites (N-methyl/N-ethyl adjacent to an activating group) is 1. The Hall–Kier alpha value is -2.45. The Morgan fingerprint density at radius 1 is 0.448 bits per heavy atom. The minimum atomic E-state index is -0.872. The molecule has 0 saturated carbocycles. The number of ether oxygens (including phenoxy) is 3. The number of aliphatic carboxylic acids is 1. The number of carbonyl (C=O) groups excluding carboxylic acids is 2. The van der Waals surface area contributed by atoms with Gasteiger partial charge < -0.3 is 23.8 Å². The molecule has 0 rings (SSSR count). The molecular formula is C59H110NO7+. The highest BCUT2D eigenvalue weighted by Gasteiger charge is 2.31. The van der Waals surface area contributed by atoms with Crippen LogP contribution in [-0.2, 0) is 28.6 Å². The van der Waals surface area contributed by atoms with E-state index in [0.29, 0.717) is 19.3 Å². The van der Waals surface area contributed by atoms with Crippen LogP contribution in [-0.4, -0.2) is 80.6 Å². The highest BCUT2D eigenvalue weighted by Crippen LogP contribution is 2.17. The number of allylic oxidation sites excluding steroid dienone is 6. The van der Waals surface area contributed by atoms with Gasteiger partial charge in [0.15, 0.2) is 12.1 Å². The van der Waals surface area contributed by atoms with Gasteiger partial charge in [-0.2, -0.15) is 0 Å². The molecule has 0 amide bonds. The van der Waals surface area contributed by atoms with Gasteiger partial charge in [-0.1, -0.05) is 237 Å². The van der Waals surface area contributed by atoms with Gasteiger partial charge in [-0.05, 0) is 51.4 Å². The van der Waals surface area contributed by atoms with E-state index in [9.17, 15) is 19.5 Å². The van der Waals surface area contributed by atoms with Crippen LogP contribution < -0.4 is 0 Å². The average molecular weight is 946 g/mol. The van der Waals surface area contributed by atoms with Crippen molar-refractivity contribution < 1.29 is 38.2 Å². The summed E-state index contributed by atoms with van der Waals surface area (Å²) >= 11 is 0. The molecule has 2 atom stereocenters. The number of carboxylic acids is 1. The Kier molecular flexibility index (Phi) is 48.1. The second-order valence-electron chi connectivity index (χ2n) is 20.6. The molecule has 0 heterocycles. The number of hydrogen-bond acceptors (Lipinski definition) is 6. The van der Waals surface area contributed by atoms with Crippen LogP contribution in [0.15, 0.2) is 36.5 Å². The van der Waals surface area contributed by atoms with Gasteiger partial charge in [-0.3, -0.25) is 9.59 Å². The maximum absolute atomic E-state index is 12.8. The number of carbonyl (C=O) groups is 3. The van der Waals surface area contributed by atoms with E-state index in [1.165, 1.54) is 180 Å². The van der Waals surface area contributed by atoms with Crippen molar-refractivity contribution in [1.29, 1.82) is 0 Å². The number of nitrogens with zero attached hydrogens (tertiary/aromatic N) is 1. The number of unbranched alkanes of at least 4 members (excludes halogenated alkanes) is 32. The minimum Gasteiger partial charge on any atom is -0.477 e. The largest absolute Gasteiger partial charge is 0.477 e. The number of carboxylic acid groups (broad SMARTS) is 1. The third kappa shape index (κ3) is 48.4. The van der Waals surface area contributed by atoms with Gasteiger partial charge in [0.25, 0.3) is 0 Å². The van der Waals surface area contributed by atoms with Crippen molar-refractivity contribution in [2.24, 2.45) is 0 Å². The van der Waals surface area contributed by atoms with Crippen molar-refractivity contribution in [2.75, 3.05) is 41.0 Å².